The van der Waals surface area contributed by atoms with Crippen LogP contribution in [0.1, 0.15) is 25.8 Å². The molecule has 0 radical (unpaired) electrons. The molecule has 0 atom stereocenters. The first-order chi connectivity index (χ1) is 7.42. The number of rotatable bonds is 3. The van der Waals surface area contributed by atoms with E-state index in [1.54, 1.807) is 19.9 Å². The molecule has 0 fully saturated rings. The Balaban J connectivity index is 3.42. The van der Waals surface area contributed by atoms with E-state index in [1.807, 2.05) is 0 Å². The van der Waals surface area contributed by atoms with Crippen molar-refractivity contribution in [1.29, 1.82) is 5.26 Å². The van der Waals surface area contributed by atoms with E-state index in [4.69, 9.17) is 10.4 Å². The van der Waals surface area contributed by atoms with Crippen LogP contribution < -0.4 is 11.2 Å². The fourth-order valence-corrected chi connectivity index (χ4v) is 1.39. The summed E-state index contributed by atoms with van der Waals surface area (Å²) < 4.78 is 1.25. The molecule has 1 heterocycles. The first-order valence-electron chi connectivity index (χ1n) is 4.80. The molecule has 0 spiro atoms. The summed E-state index contributed by atoms with van der Waals surface area (Å²) in [6.45, 7) is 3.40. The van der Waals surface area contributed by atoms with Crippen LogP contribution in [0.3, 0.4) is 0 Å². The van der Waals surface area contributed by atoms with Crippen molar-refractivity contribution in [2.24, 2.45) is 0 Å². The predicted molar refractivity (Wildman–Crippen MR) is 57.1 cm³/mol. The summed E-state index contributed by atoms with van der Waals surface area (Å²) in [6.07, 6.45) is 1.57. The third kappa shape index (κ3) is 2.20. The summed E-state index contributed by atoms with van der Waals surface area (Å²) in [7, 11) is 0. The van der Waals surface area contributed by atoms with Crippen molar-refractivity contribution in [2.75, 3.05) is 6.61 Å². The Bertz CT molecular complexity index is 533. The van der Waals surface area contributed by atoms with Crippen LogP contribution in [-0.2, 0) is 5.54 Å². The smallest absolute Gasteiger partial charge is 0.328 e. The Morgan fingerprint density at radius 1 is 1.56 bits per heavy atom. The molecule has 0 saturated carbocycles. The Labute approximate surface area is 91.8 Å². The van der Waals surface area contributed by atoms with Crippen LogP contribution in [0.15, 0.2) is 15.8 Å². The predicted octanol–water partition coefficient (Wildman–Crippen LogP) is -0.474. The molecule has 1 rings (SSSR count). The average molecular weight is 223 g/mol. The summed E-state index contributed by atoms with van der Waals surface area (Å²) in [4.78, 5) is 24.8. The van der Waals surface area contributed by atoms with E-state index < -0.39 is 16.8 Å². The maximum absolute atomic E-state index is 11.5. The minimum Gasteiger partial charge on any atom is -0.396 e. The van der Waals surface area contributed by atoms with Crippen molar-refractivity contribution in [3.8, 4) is 6.07 Å². The van der Waals surface area contributed by atoms with Crippen LogP contribution in [0.4, 0.5) is 0 Å². The van der Waals surface area contributed by atoms with Crippen molar-refractivity contribution in [3.05, 3.63) is 32.6 Å². The summed E-state index contributed by atoms with van der Waals surface area (Å²) >= 11 is 0. The standard InChI is InChI=1S/C10H13N3O3/c1-10(2,3-4-14)13-6-7(5-11)8(15)12-9(13)16/h6,14H,3-4H2,1-2H3,(H,12,15,16). The van der Waals surface area contributed by atoms with Gasteiger partial charge in [-0.15, -0.1) is 0 Å². The fraction of sp³-hybridized carbons (Fsp3) is 0.500. The third-order valence-corrected chi connectivity index (χ3v) is 2.44. The molecule has 1 aromatic heterocycles. The average Bonchev–Trinajstić information content (AvgIpc) is 2.17. The number of H-pyrrole nitrogens is 1. The second-order valence-corrected chi connectivity index (χ2v) is 4.07. The van der Waals surface area contributed by atoms with Crippen LogP contribution >= 0.6 is 0 Å². The lowest BCUT2D eigenvalue weighted by molar-refractivity contribution is 0.208. The molecular formula is C10H13N3O3. The van der Waals surface area contributed by atoms with Gasteiger partial charge in [0.1, 0.15) is 11.6 Å². The fourth-order valence-electron chi connectivity index (χ4n) is 1.39. The van der Waals surface area contributed by atoms with Gasteiger partial charge in [0.15, 0.2) is 0 Å². The highest BCUT2D eigenvalue weighted by Crippen LogP contribution is 2.16. The van der Waals surface area contributed by atoms with Crippen LogP contribution in [0.2, 0.25) is 0 Å². The largest absolute Gasteiger partial charge is 0.396 e. The molecule has 0 bridgehead atoms. The zero-order chi connectivity index (χ0) is 12.3. The summed E-state index contributed by atoms with van der Waals surface area (Å²) in [6, 6.07) is 1.71. The molecule has 16 heavy (non-hydrogen) atoms. The molecule has 1 aromatic rings. The van der Waals surface area contributed by atoms with Gasteiger partial charge < -0.3 is 5.11 Å². The maximum atomic E-state index is 11.5. The number of hydrogen-bond donors (Lipinski definition) is 2. The van der Waals surface area contributed by atoms with E-state index in [9.17, 15) is 9.59 Å². The van der Waals surface area contributed by atoms with E-state index in [2.05, 4.69) is 4.98 Å². The van der Waals surface area contributed by atoms with Crippen molar-refractivity contribution >= 4 is 0 Å². The lowest BCUT2D eigenvalue weighted by Crippen LogP contribution is -2.41. The van der Waals surface area contributed by atoms with E-state index >= 15 is 0 Å². The minimum atomic E-state index is -0.691. The monoisotopic (exact) mass is 223 g/mol. The third-order valence-electron chi connectivity index (χ3n) is 2.44. The number of aromatic amines is 1. The first-order valence-corrected chi connectivity index (χ1v) is 4.80. The van der Waals surface area contributed by atoms with Crippen LogP contribution in [0.5, 0.6) is 0 Å². The molecule has 0 aromatic carbocycles. The van der Waals surface area contributed by atoms with E-state index in [-0.39, 0.29) is 12.2 Å². The molecule has 6 nitrogen and oxygen atoms in total. The zero-order valence-corrected chi connectivity index (χ0v) is 9.15. The van der Waals surface area contributed by atoms with Gasteiger partial charge in [-0.1, -0.05) is 0 Å². The second-order valence-electron chi connectivity index (χ2n) is 4.07. The number of nitriles is 1. The molecule has 0 amide bonds. The molecule has 6 heteroatoms. The highest BCUT2D eigenvalue weighted by molar-refractivity contribution is 5.22. The first kappa shape index (κ1) is 12.2. The highest BCUT2D eigenvalue weighted by Gasteiger charge is 2.21. The molecule has 0 saturated heterocycles. The van der Waals surface area contributed by atoms with Gasteiger partial charge in [-0.25, -0.2) is 4.79 Å². The van der Waals surface area contributed by atoms with Crippen molar-refractivity contribution in [3.63, 3.8) is 0 Å². The second kappa shape index (κ2) is 4.33. The molecular weight excluding hydrogens is 210 g/mol. The van der Waals surface area contributed by atoms with E-state index in [0.717, 1.165) is 0 Å². The van der Waals surface area contributed by atoms with Crippen LogP contribution in [0, 0.1) is 11.3 Å². The van der Waals surface area contributed by atoms with Gasteiger partial charge in [0.05, 0.1) is 0 Å². The molecule has 0 aliphatic heterocycles. The van der Waals surface area contributed by atoms with Crippen molar-refractivity contribution in [2.45, 2.75) is 25.8 Å². The van der Waals surface area contributed by atoms with Gasteiger partial charge in [-0.3, -0.25) is 14.3 Å². The van der Waals surface area contributed by atoms with Crippen LogP contribution in [0.25, 0.3) is 0 Å². The summed E-state index contributed by atoms with van der Waals surface area (Å²) in [5.74, 6) is 0. The Morgan fingerprint density at radius 3 is 2.69 bits per heavy atom. The highest BCUT2D eigenvalue weighted by atomic mass is 16.3. The lowest BCUT2D eigenvalue weighted by Gasteiger charge is -2.26. The van der Waals surface area contributed by atoms with Gasteiger partial charge in [-0.2, -0.15) is 5.26 Å². The molecule has 0 unspecified atom stereocenters. The number of nitrogens with one attached hydrogen (secondary N) is 1. The number of hydrogen-bond acceptors (Lipinski definition) is 4. The van der Waals surface area contributed by atoms with Crippen molar-refractivity contribution in [1.82, 2.24) is 9.55 Å². The molecule has 86 valence electrons. The topological polar surface area (TPSA) is 98.9 Å². The zero-order valence-electron chi connectivity index (χ0n) is 9.15. The Hall–Kier alpha value is -1.87. The van der Waals surface area contributed by atoms with Gasteiger partial charge in [0, 0.05) is 18.3 Å². The van der Waals surface area contributed by atoms with Crippen molar-refractivity contribution < 1.29 is 5.11 Å². The van der Waals surface area contributed by atoms with Gasteiger partial charge in [0.2, 0.25) is 0 Å². The maximum Gasteiger partial charge on any atom is 0.328 e. The van der Waals surface area contributed by atoms with Gasteiger partial charge in [0.25, 0.3) is 5.56 Å². The molecule has 0 aliphatic carbocycles. The number of aliphatic hydroxyl groups excluding tert-OH is 1. The van der Waals surface area contributed by atoms with E-state index in [1.165, 1.54) is 10.8 Å². The van der Waals surface area contributed by atoms with Gasteiger partial charge in [-0.05, 0) is 20.3 Å². The van der Waals surface area contributed by atoms with E-state index in [0.29, 0.717) is 6.42 Å². The quantitative estimate of drug-likeness (QED) is 0.723. The summed E-state index contributed by atoms with van der Waals surface area (Å²) in [5.41, 5.74) is -2.04. The molecule has 2 N–H and O–H groups in total. The number of aromatic nitrogens is 2. The lowest BCUT2D eigenvalue weighted by atomic mass is 10.0. The minimum absolute atomic E-state index is 0.0829. The van der Waals surface area contributed by atoms with Crippen LogP contribution in [-0.4, -0.2) is 21.3 Å². The number of aliphatic hydroxyl groups is 1. The molecule has 0 aliphatic rings. The van der Waals surface area contributed by atoms with Gasteiger partial charge >= 0.3 is 5.69 Å². The Morgan fingerprint density at radius 2 is 2.19 bits per heavy atom. The summed E-state index contributed by atoms with van der Waals surface area (Å²) in [5, 5.41) is 17.6. The normalized spacial score (nSPS) is 11.1. The SMILES string of the molecule is CC(C)(CCO)n1cc(C#N)c(=O)[nH]c1=O. The number of nitrogens with zero attached hydrogens (tertiary/aromatic N) is 2. The Kier molecular flexibility index (Phi) is 3.30.